The van der Waals surface area contributed by atoms with Crippen LogP contribution in [0.25, 0.3) is 0 Å². The highest BCUT2D eigenvalue weighted by molar-refractivity contribution is 5.21. The molecule has 160 valence electrons. The highest BCUT2D eigenvalue weighted by Crippen LogP contribution is 2.45. The predicted molar refractivity (Wildman–Crippen MR) is 109 cm³/mol. The van der Waals surface area contributed by atoms with Crippen LogP contribution in [0, 0.1) is 0 Å². The minimum atomic E-state index is -1.23. The maximum absolute atomic E-state index is 11.2. The molecule has 5 rings (SSSR count). The van der Waals surface area contributed by atoms with Gasteiger partial charge in [0.15, 0.2) is 11.6 Å². The summed E-state index contributed by atoms with van der Waals surface area (Å²) in [6.07, 6.45) is -0.836. The van der Waals surface area contributed by atoms with Crippen molar-refractivity contribution in [2.45, 2.75) is 62.4 Å². The fourth-order valence-corrected chi connectivity index (χ4v) is 4.66. The molecular weight excluding hydrogens is 384 g/mol. The van der Waals surface area contributed by atoms with Crippen molar-refractivity contribution in [1.29, 1.82) is 0 Å². The van der Waals surface area contributed by atoms with Gasteiger partial charge in [0.2, 0.25) is 5.79 Å². The van der Waals surface area contributed by atoms with Gasteiger partial charge in [-0.1, -0.05) is 60.7 Å². The molecular formula is C24H28O6. The normalized spacial score (nSPS) is 34.2. The average molecular weight is 412 g/mol. The van der Waals surface area contributed by atoms with E-state index in [1.165, 1.54) is 0 Å². The lowest BCUT2D eigenvalue weighted by atomic mass is 9.97. The molecule has 1 N–H and O–H groups in total. The van der Waals surface area contributed by atoms with Gasteiger partial charge < -0.3 is 28.8 Å². The molecule has 2 aromatic rings. The van der Waals surface area contributed by atoms with Gasteiger partial charge in [-0.15, -0.1) is 0 Å². The molecule has 4 unspecified atom stereocenters. The Bertz CT molecular complexity index is 828. The van der Waals surface area contributed by atoms with Crippen LogP contribution in [0.2, 0.25) is 0 Å². The SMILES string of the molecule is CC1(C)OCC2(OCC3OC(Cc4ccccc4)(Cc4ccccc4)OC3C2O)O1. The van der Waals surface area contributed by atoms with E-state index in [1.54, 1.807) is 0 Å². The molecule has 2 aromatic carbocycles. The Labute approximate surface area is 176 Å². The number of aliphatic hydroxyl groups excluding tert-OH is 1. The first-order valence-corrected chi connectivity index (χ1v) is 10.5. The van der Waals surface area contributed by atoms with E-state index in [0.29, 0.717) is 12.8 Å². The first-order chi connectivity index (χ1) is 14.4. The van der Waals surface area contributed by atoms with Crippen LogP contribution in [0.1, 0.15) is 25.0 Å². The van der Waals surface area contributed by atoms with Crippen LogP contribution in [-0.2, 0) is 36.5 Å². The zero-order valence-electron chi connectivity index (χ0n) is 17.3. The number of ether oxygens (including phenoxy) is 5. The van der Waals surface area contributed by atoms with Gasteiger partial charge in [-0.25, -0.2) is 0 Å². The maximum Gasteiger partial charge on any atom is 0.224 e. The summed E-state index contributed by atoms with van der Waals surface area (Å²) in [6, 6.07) is 20.3. The van der Waals surface area contributed by atoms with E-state index in [4.69, 9.17) is 23.7 Å². The van der Waals surface area contributed by atoms with Crippen molar-refractivity contribution in [2.24, 2.45) is 0 Å². The van der Waals surface area contributed by atoms with E-state index < -0.39 is 29.6 Å². The van der Waals surface area contributed by atoms with Crippen molar-refractivity contribution in [3.05, 3.63) is 71.8 Å². The molecule has 0 bridgehead atoms. The second-order valence-electron chi connectivity index (χ2n) is 8.83. The summed E-state index contributed by atoms with van der Waals surface area (Å²) in [6.45, 7) is 4.04. The fraction of sp³-hybridized carbons (Fsp3) is 0.500. The summed E-state index contributed by atoms with van der Waals surface area (Å²) < 4.78 is 30.7. The van der Waals surface area contributed by atoms with E-state index in [2.05, 4.69) is 24.3 Å². The monoisotopic (exact) mass is 412 g/mol. The lowest BCUT2D eigenvalue weighted by molar-refractivity contribution is -0.326. The van der Waals surface area contributed by atoms with Crippen molar-refractivity contribution in [2.75, 3.05) is 13.2 Å². The van der Waals surface area contributed by atoms with Gasteiger partial charge in [0.05, 0.1) is 6.61 Å². The molecule has 0 amide bonds. The van der Waals surface area contributed by atoms with Crippen molar-refractivity contribution in [3.63, 3.8) is 0 Å². The van der Waals surface area contributed by atoms with Crippen molar-refractivity contribution >= 4 is 0 Å². The number of rotatable bonds is 4. The quantitative estimate of drug-likeness (QED) is 0.833. The predicted octanol–water partition coefficient (Wildman–Crippen LogP) is 2.82. The van der Waals surface area contributed by atoms with Crippen LogP contribution in [0.5, 0.6) is 0 Å². The van der Waals surface area contributed by atoms with E-state index in [0.717, 1.165) is 11.1 Å². The number of benzene rings is 2. The number of aliphatic hydroxyl groups is 1. The molecule has 0 saturated carbocycles. The van der Waals surface area contributed by atoms with Gasteiger partial charge in [-0.05, 0) is 25.0 Å². The van der Waals surface area contributed by atoms with E-state index in [1.807, 2.05) is 50.2 Å². The molecule has 6 heteroatoms. The standard InChI is InChI=1S/C24H28O6/c1-22(2)27-16-24(30-22)21(25)20-19(15-26-24)28-23(29-20,13-17-9-5-3-6-10-17)14-18-11-7-4-8-12-18/h3-12,19-21,25H,13-16H2,1-2H3. The third-order valence-electron chi connectivity index (χ3n) is 6.01. The Morgan fingerprint density at radius 1 is 0.867 bits per heavy atom. The first-order valence-electron chi connectivity index (χ1n) is 10.5. The molecule has 0 aliphatic carbocycles. The van der Waals surface area contributed by atoms with Crippen LogP contribution >= 0.6 is 0 Å². The summed E-state index contributed by atoms with van der Waals surface area (Å²) >= 11 is 0. The maximum atomic E-state index is 11.2. The Morgan fingerprint density at radius 3 is 2.00 bits per heavy atom. The minimum Gasteiger partial charge on any atom is -0.385 e. The second-order valence-corrected chi connectivity index (χ2v) is 8.83. The fourth-order valence-electron chi connectivity index (χ4n) is 4.66. The lowest BCUT2D eigenvalue weighted by Crippen LogP contribution is -2.61. The van der Waals surface area contributed by atoms with Crippen LogP contribution in [0.4, 0.5) is 0 Å². The van der Waals surface area contributed by atoms with Crippen LogP contribution in [0.15, 0.2) is 60.7 Å². The Balaban J connectivity index is 1.43. The van der Waals surface area contributed by atoms with Gasteiger partial charge in [0, 0.05) is 12.8 Å². The molecule has 3 heterocycles. The molecule has 0 radical (unpaired) electrons. The van der Waals surface area contributed by atoms with Crippen LogP contribution < -0.4 is 0 Å². The van der Waals surface area contributed by atoms with Gasteiger partial charge in [-0.2, -0.15) is 0 Å². The zero-order valence-corrected chi connectivity index (χ0v) is 17.3. The summed E-state index contributed by atoms with van der Waals surface area (Å²) in [7, 11) is 0. The van der Waals surface area contributed by atoms with E-state index in [-0.39, 0.29) is 19.3 Å². The largest absolute Gasteiger partial charge is 0.385 e. The number of fused-ring (bicyclic) bond motifs is 1. The molecule has 6 nitrogen and oxygen atoms in total. The van der Waals surface area contributed by atoms with Gasteiger partial charge in [0.1, 0.15) is 24.9 Å². The summed E-state index contributed by atoms with van der Waals surface area (Å²) in [5.41, 5.74) is 2.22. The summed E-state index contributed by atoms with van der Waals surface area (Å²) in [4.78, 5) is 0. The molecule has 3 saturated heterocycles. The average Bonchev–Trinajstić information content (AvgIpc) is 3.25. The molecule has 3 aliphatic rings. The van der Waals surface area contributed by atoms with Gasteiger partial charge in [-0.3, -0.25) is 0 Å². The molecule has 3 aliphatic heterocycles. The van der Waals surface area contributed by atoms with Crippen molar-refractivity contribution < 1.29 is 28.8 Å². The Kier molecular flexibility index (Phi) is 4.97. The summed E-state index contributed by atoms with van der Waals surface area (Å²) in [5.74, 6) is -2.95. The van der Waals surface area contributed by atoms with Crippen molar-refractivity contribution in [1.82, 2.24) is 0 Å². The third-order valence-corrected chi connectivity index (χ3v) is 6.01. The van der Waals surface area contributed by atoms with Crippen LogP contribution in [0.3, 0.4) is 0 Å². The zero-order chi connectivity index (χ0) is 20.8. The molecule has 3 fully saturated rings. The summed E-state index contributed by atoms with van der Waals surface area (Å²) in [5, 5.41) is 11.2. The van der Waals surface area contributed by atoms with E-state index >= 15 is 0 Å². The first kappa shape index (κ1) is 20.1. The van der Waals surface area contributed by atoms with Gasteiger partial charge in [0.25, 0.3) is 0 Å². The minimum absolute atomic E-state index is 0.151. The molecule has 1 spiro atoms. The number of hydrogen-bond acceptors (Lipinski definition) is 6. The molecule has 0 aromatic heterocycles. The second kappa shape index (κ2) is 7.41. The third kappa shape index (κ3) is 3.68. The van der Waals surface area contributed by atoms with E-state index in [9.17, 15) is 5.11 Å². The van der Waals surface area contributed by atoms with Crippen LogP contribution in [-0.4, -0.2) is 54.0 Å². The highest BCUT2D eigenvalue weighted by atomic mass is 16.9. The lowest BCUT2D eigenvalue weighted by Gasteiger charge is -2.41. The highest BCUT2D eigenvalue weighted by Gasteiger charge is 2.63. The Hall–Kier alpha value is -1.80. The van der Waals surface area contributed by atoms with Crippen molar-refractivity contribution in [3.8, 4) is 0 Å². The smallest absolute Gasteiger partial charge is 0.224 e. The topological polar surface area (TPSA) is 66.4 Å². The number of hydrogen-bond donors (Lipinski definition) is 1. The molecule has 4 atom stereocenters. The molecule has 30 heavy (non-hydrogen) atoms. The van der Waals surface area contributed by atoms with Gasteiger partial charge >= 0.3 is 0 Å². The Morgan fingerprint density at radius 2 is 1.47 bits per heavy atom.